The third-order valence-corrected chi connectivity index (χ3v) is 9.55. The van der Waals surface area contributed by atoms with Crippen molar-refractivity contribution < 1.29 is 38.2 Å². The number of nitrogens with zero attached hydrogens (tertiary/aromatic N) is 1. The van der Waals surface area contributed by atoms with Crippen LogP contribution in [0.25, 0.3) is 0 Å². The van der Waals surface area contributed by atoms with Crippen LogP contribution in [0, 0.1) is 0 Å². The number of likely N-dealkylation sites (N-methyl/N-ethyl adjacent to an activating group) is 1. The zero-order valence-corrected chi connectivity index (χ0v) is 35.0. The molecule has 0 aromatic heterocycles. The molecule has 53 heavy (non-hydrogen) atoms. The first-order valence-corrected chi connectivity index (χ1v) is 21.5. The lowest BCUT2D eigenvalue weighted by Gasteiger charge is -2.31. The number of esters is 2. The standard InChI is InChI=1S/C45H81NO7/c1-6-8-10-12-14-16-17-18-19-20-21-22-23-24-25-26-27-28-30-32-34-36-44(48)53-41(39-51-38-37-42(45(49)50)46(3,4)5)40-52-43(47)35-33-31-29-15-13-11-9-7-2/h8,10,14,16,18-19,41-42H,6-7,9,11-13,15,17,20-40H2,1-5H3/p+1/b10-8+,16-14+,19-18+. The Hall–Kier alpha value is -2.45. The molecule has 1 N–H and O–H groups in total. The SMILES string of the molecule is CC/C=C/C/C=C/C/C=C/CCCCCCCCCCCCCC(=O)OC(COCCC(C(=O)O)[N+](C)(C)C)COC(=O)CCCCCCCCCC. The van der Waals surface area contributed by atoms with E-state index < -0.39 is 18.1 Å². The van der Waals surface area contributed by atoms with Crippen LogP contribution in [0.5, 0.6) is 0 Å². The van der Waals surface area contributed by atoms with Crippen LogP contribution in [-0.4, -0.2) is 80.6 Å². The molecule has 2 unspecified atom stereocenters. The van der Waals surface area contributed by atoms with Crippen molar-refractivity contribution in [3.8, 4) is 0 Å². The van der Waals surface area contributed by atoms with Gasteiger partial charge < -0.3 is 23.8 Å². The van der Waals surface area contributed by atoms with Crippen molar-refractivity contribution in [2.45, 2.75) is 193 Å². The number of hydrogen-bond donors (Lipinski definition) is 1. The van der Waals surface area contributed by atoms with E-state index in [0.29, 0.717) is 19.3 Å². The number of allylic oxidation sites excluding steroid dienone is 6. The van der Waals surface area contributed by atoms with Gasteiger partial charge in [-0.15, -0.1) is 0 Å². The molecule has 0 amide bonds. The zero-order valence-electron chi connectivity index (χ0n) is 35.0. The van der Waals surface area contributed by atoms with E-state index in [1.165, 1.54) is 89.9 Å². The van der Waals surface area contributed by atoms with Crippen molar-refractivity contribution >= 4 is 17.9 Å². The highest BCUT2D eigenvalue weighted by Gasteiger charge is 2.31. The summed E-state index contributed by atoms with van der Waals surface area (Å²) < 4.78 is 17.2. The number of unbranched alkanes of at least 4 members (excludes halogenated alkanes) is 18. The van der Waals surface area contributed by atoms with Gasteiger partial charge in [0.2, 0.25) is 0 Å². The fraction of sp³-hybridized carbons (Fsp3) is 0.800. The summed E-state index contributed by atoms with van der Waals surface area (Å²) in [6.45, 7) is 4.60. The van der Waals surface area contributed by atoms with Gasteiger partial charge in [-0.1, -0.05) is 153 Å². The van der Waals surface area contributed by atoms with E-state index in [4.69, 9.17) is 14.2 Å². The number of carboxylic acids is 1. The molecule has 8 heteroatoms. The molecule has 0 saturated carbocycles. The fourth-order valence-corrected chi connectivity index (χ4v) is 6.22. The van der Waals surface area contributed by atoms with Crippen molar-refractivity contribution in [2.75, 3.05) is 41.0 Å². The van der Waals surface area contributed by atoms with Crippen LogP contribution in [0.1, 0.15) is 181 Å². The lowest BCUT2D eigenvalue weighted by molar-refractivity contribution is -0.887. The third-order valence-electron chi connectivity index (χ3n) is 9.55. The molecule has 0 aliphatic carbocycles. The topological polar surface area (TPSA) is 99.1 Å². The van der Waals surface area contributed by atoms with Crippen LogP contribution in [0.15, 0.2) is 36.5 Å². The molecule has 0 bridgehead atoms. The first kappa shape index (κ1) is 50.5. The second-order valence-electron chi connectivity index (χ2n) is 15.6. The Labute approximate surface area is 325 Å². The highest BCUT2D eigenvalue weighted by atomic mass is 16.6. The molecule has 0 radical (unpaired) electrons. The summed E-state index contributed by atoms with van der Waals surface area (Å²) in [7, 11) is 5.52. The molecular formula is C45H82NO7+. The van der Waals surface area contributed by atoms with Crippen LogP contribution < -0.4 is 0 Å². The van der Waals surface area contributed by atoms with Crippen molar-refractivity contribution in [3.05, 3.63) is 36.5 Å². The number of carbonyl (C=O) groups is 3. The molecule has 8 nitrogen and oxygen atoms in total. The average molecular weight is 749 g/mol. The van der Waals surface area contributed by atoms with Gasteiger partial charge in [0.1, 0.15) is 6.61 Å². The Morgan fingerprint density at radius 1 is 0.585 bits per heavy atom. The van der Waals surface area contributed by atoms with Crippen molar-refractivity contribution in [1.29, 1.82) is 0 Å². The molecule has 0 fully saturated rings. The second kappa shape index (κ2) is 36.5. The molecular weight excluding hydrogens is 666 g/mol. The molecule has 308 valence electrons. The van der Waals surface area contributed by atoms with E-state index in [2.05, 4.69) is 50.3 Å². The van der Waals surface area contributed by atoms with Crippen molar-refractivity contribution in [1.82, 2.24) is 0 Å². The molecule has 0 aromatic carbocycles. The smallest absolute Gasteiger partial charge is 0.362 e. The van der Waals surface area contributed by atoms with Crippen molar-refractivity contribution in [3.63, 3.8) is 0 Å². The number of hydrogen-bond acceptors (Lipinski definition) is 6. The quantitative estimate of drug-likeness (QED) is 0.0290. The van der Waals surface area contributed by atoms with Gasteiger partial charge in [0.15, 0.2) is 12.1 Å². The minimum atomic E-state index is -0.876. The maximum atomic E-state index is 12.7. The minimum absolute atomic E-state index is 0.0498. The number of carbonyl (C=O) groups excluding carboxylic acids is 2. The summed E-state index contributed by atoms with van der Waals surface area (Å²) in [6.07, 6.45) is 40.5. The Morgan fingerprint density at radius 3 is 1.57 bits per heavy atom. The van der Waals surface area contributed by atoms with Gasteiger partial charge in [-0.25, -0.2) is 4.79 Å². The third kappa shape index (κ3) is 35.0. The van der Waals surface area contributed by atoms with E-state index in [0.717, 1.165) is 57.8 Å². The summed E-state index contributed by atoms with van der Waals surface area (Å²) in [4.78, 5) is 36.8. The number of carboxylic acid groups (broad SMARTS) is 1. The molecule has 0 saturated heterocycles. The number of quaternary nitrogens is 1. The summed E-state index contributed by atoms with van der Waals surface area (Å²) in [6, 6.07) is -0.612. The minimum Gasteiger partial charge on any atom is -0.477 e. The monoisotopic (exact) mass is 749 g/mol. The normalized spacial score (nSPS) is 13.3. The van der Waals surface area contributed by atoms with Gasteiger partial charge in [0.25, 0.3) is 0 Å². The second-order valence-corrected chi connectivity index (χ2v) is 15.6. The Kier molecular flexibility index (Phi) is 34.8. The van der Waals surface area contributed by atoms with Crippen LogP contribution in [-0.2, 0) is 28.6 Å². The summed E-state index contributed by atoms with van der Waals surface area (Å²) >= 11 is 0. The maximum Gasteiger partial charge on any atom is 0.362 e. The first-order chi connectivity index (χ1) is 25.6. The lowest BCUT2D eigenvalue weighted by atomic mass is 10.0. The van der Waals surface area contributed by atoms with Crippen LogP contribution >= 0.6 is 0 Å². The van der Waals surface area contributed by atoms with Crippen LogP contribution in [0.2, 0.25) is 0 Å². The fourth-order valence-electron chi connectivity index (χ4n) is 6.22. The Balaban J connectivity index is 4.22. The molecule has 0 aliphatic heterocycles. The first-order valence-electron chi connectivity index (χ1n) is 21.5. The Morgan fingerprint density at radius 2 is 1.06 bits per heavy atom. The molecule has 0 aliphatic rings. The largest absolute Gasteiger partial charge is 0.477 e. The van der Waals surface area contributed by atoms with E-state index >= 15 is 0 Å². The highest BCUT2D eigenvalue weighted by molar-refractivity contribution is 5.72. The molecule has 0 spiro atoms. The molecule has 2 atom stereocenters. The highest BCUT2D eigenvalue weighted by Crippen LogP contribution is 2.15. The van der Waals surface area contributed by atoms with Gasteiger partial charge in [-0.3, -0.25) is 9.59 Å². The van der Waals surface area contributed by atoms with Gasteiger partial charge in [-0.05, 0) is 44.9 Å². The zero-order chi connectivity index (χ0) is 39.3. The van der Waals surface area contributed by atoms with E-state index in [-0.39, 0.29) is 36.2 Å². The summed E-state index contributed by atoms with van der Waals surface area (Å²) in [5.74, 6) is -1.47. The summed E-state index contributed by atoms with van der Waals surface area (Å²) in [5.41, 5.74) is 0. The van der Waals surface area contributed by atoms with Gasteiger partial charge >= 0.3 is 17.9 Å². The van der Waals surface area contributed by atoms with Gasteiger partial charge in [0, 0.05) is 19.3 Å². The van der Waals surface area contributed by atoms with Crippen molar-refractivity contribution in [2.24, 2.45) is 0 Å². The number of ether oxygens (including phenoxy) is 3. The van der Waals surface area contributed by atoms with Gasteiger partial charge in [0.05, 0.1) is 34.4 Å². The van der Waals surface area contributed by atoms with Crippen LogP contribution in [0.4, 0.5) is 0 Å². The maximum absolute atomic E-state index is 12.7. The van der Waals surface area contributed by atoms with E-state index in [1.54, 1.807) is 0 Å². The predicted molar refractivity (Wildman–Crippen MR) is 220 cm³/mol. The van der Waals surface area contributed by atoms with E-state index in [1.807, 2.05) is 21.1 Å². The van der Waals surface area contributed by atoms with Gasteiger partial charge in [-0.2, -0.15) is 0 Å². The predicted octanol–water partition coefficient (Wildman–Crippen LogP) is 11.5. The molecule has 0 heterocycles. The van der Waals surface area contributed by atoms with E-state index in [9.17, 15) is 19.5 Å². The molecule has 0 aromatic rings. The lowest BCUT2D eigenvalue weighted by Crippen LogP contribution is -2.50. The number of aliphatic carboxylic acids is 1. The summed E-state index contributed by atoms with van der Waals surface area (Å²) in [5, 5.41) is 9.59. The van der Waals surface area contributed by atoms with Crippen LogP contribution in [0.3, 0.4) is 0 Å². The molecule has 0 rings (SSSR count). The average Bonchev–Trinajstić information content (AvgIpc) is 3.11. The Bertz CT molecular complexity index is 968. The number of rotatable bonds is 38.